The number of benzene rings is 1. The molecule has 7 nitrogen and oxygen atoms in total. The van der Waals surface area contributed by atoms with Crippen LogP contribution in [-0.4, -0.2) is 57.3 Å². The number of hydrogen-bond acceptors (Lipinski definition) is 7. The summed E-state index contributed by atoms with van der Waals surface area (Å²) >= 11 is 0. The summed E-state index contributed by atoms with van der Waals surface area (Å²) in [5, 5.41) is 0. The quantitative estimate of drug-likeness (QED) is 0.619. The molecule has 0 saturated carbocycles. The fraction of sp³-hybridized carbons (Fsp3) is 0.417. The van der Waals surface area contributed by atoms with E-state index in [1.165, 1.54) is 46.0 Å². The van der Waals surface area contributed by atoms with Gasteiger partial charge in [-0.3, -0.25) is 4.90 Å². The molecule has 0 unspecified atom stereocenters. The Bertz CT molecular complexity index is 849. The number of carbonyl (C=O) groups is 2. The van der Waals surface area contributed by atoms with E-state index in [0.717, 1.165) is 25.4 Å². The Morgan fingerprint density at radius 3 is 2.23 bits per heavy atom. The van der Waals surface area contributed by atoms with E-state index in [9.17, 15) is 9.59 Å². The average molecular weight is 427 g/mol. The first-order valence-electron chi connectivity index (χ1n) is 10.6. The molecule has 1 saturated heterocycles. The van der Waals surface area contributed by atoms with Crippen LogP contribution >= 0.6 is 0 Å². The van der Waals surface area contributed by atoms with Crippen molar-refractivity contribution in [3.05, 3.63) is 60.0 Å². The van der Waals surface area contributed by atoms with Crippen molar-refractivity contribution < 1.29 is 23.8 Å². The normalized spacial score (nSPS) is 17.2. The average Bonchev–Trinajstić information content (AvgIpc) is 3.19. The Labute approximate surface area is 183 Å². The summed E-state index contributed by atoms with van der Waals surface area (Å²) < 4.78 is 15.7. The second kappa shape index (κ2) is 11.4. The van der Waals surface area contributed by atoms with E-state index >= 15 is 0 Å². The SMILES string of the molecule is COC(=O)C1=C(C(=O)OC)N(c2ccc(OCCN3CCCCCC3)cc2)C=CC=C1. The minimum absolute atomic E-state index is 0.0918. The van der Waals surface area contributed by atoms with Crippen molar-refractivity contribution in [2.24, 2.45) is 0 Å². The van der Waals surface area contributed by atoms with Crippen LogP contribution < -0.4 is 9.64 Å². The maximum absolute atomic E-state index is 12.5. The van der Waals surface area contributed by atoms with Crippen LogP contribution in [0.5, 0.6) is 5.75 Å². The van der Waals surface area contributed by atoms with Crippen molar-refractivity contribution in [2.45, 2.75) is 25.7 Å². The molecule has 3 rings (SSSR count). The highest BCUT2D eigenvalue weighted by atomic mass is 16.5. The first-order valence-corrected chi connectivity index (χ1v) is 10.6. The van der Waals surface area contributed by atoms with Gasteiger partial charge < -0.3 is 19.1 Å². The Balaban J connectivity index is 1.72. The van der Waals surface area contributed by atoms with Crippen molar-refractivity contribution in [1.82, 2.24) is 4.90 Å². The number of carbonyl (C=O) groups excluding carboxylic acids is 2. The van der Waals surface area contributed by atoms with Crippen LogP contribution in [0.25, 0.3) is 0 Å². The Kier molecular flexibility index (Phi) is 8.29. The standard InChI is InChI=1S/C24H30N2O5/c1-29-23(27)21-9-5-8-16-26(22(21)24(28)30-2)19-10-12-20(13-11-19)31-18-17-25-14-6-3-4-7-15-25/h5,8-13,16H,3-4,6-7,14-15,17-18H2,1-2H3. The highest BCUT2D eigenvalue weighted by Gasteiger charge is 2.27. The number of hydrogen-bond donors (Lipinski definition) is 0. The molecular weight excluding hydrogens is 396 g/mol. The van der Waals surface area contributed by atoms with E-state index in [4.69, 9.17) is 14.2 Å². The summed E-state index contributed by atoms with van der Waals surface area (Å²) in [7, 11) is 2.56. The smallest absolute Gasteiger partial charge is 0.355 e. The second-order valence-electron chi connectivity index (χ2n) is 7.41. The summed E-state index contributed by atoms with van der Waals surface area (Å²) in [5.74, 6) is -0.486. The summed E-state index contributed by atoms with van der Waals surface area (Å²) in [6, 6.07) is 7.40. The molecule has 166 valence electrons. The molecule has 7 heteroatoms. The van der Waals surface area contributed by atoms with Gasteiger partial charge in [0.2, 0.25) is 0 Å². The molecule has 1 aromatic rings. The molecule has 0 spiro atoms. The van der Waals surface area contributed by atoms with Crippen molar-refractivity contribution in [2.75, 3.05) is 45.4 Å². The van der Waals surface area contributed by atoms with Crippen molar-refractivity contribution in [3.8, 4) is 5.75 Å². The van der Waals surface area contributed by atoms with Gasteiger partial charge in [-0.05, 0) is 62.3 Å². The van der Waals surface area contributed by atoms with E-state index < -0.39 is 11.9 Å². The number of likely N-dealkylation sites (tertiary alicyclic amines) is 1. The number of nitrogens with zero attached hydrogens (tertiary/aromatic N) is 2. The topological polar surface area (TPSA) is 68.3 Å². The van der Waals surface area contributed by atoms with Crippen molar-refractivity contribution in [1.29, 1.82) is 0 Å². The van der Waals surface area contributed by atoms with Gasteiger partial charge in [0.15, 0.2) is 0 Å². The summed E-state index contributed by atoms with van der Waals surface area (Å²) in [4.78, 5) is 28.8. The van der Waals surface area contributed by atoms with Gasteiger partial charge in [0, 0.05) is 18.4 Å². The molecule has 0 aliphatic carbocycles. The molecule has 2 aliphatic rings. The van der Waals surface area contributed by atoms with Gasteiger partial charge in [0.25, 0.3) is 0 Å². The van der Waals surface area contributed by atoms with Crippen LogP contribution in [0.1, 0.15) is 25.7 Å². The minimum Gasteiger partial charge on any atom is -0.492 e. The minimum atomic E-state index is -0.630. The van der Waals surface area contributed by atoms with Crippen molar-refractivity contribution in [3.63, 3.8) is 0 Å². The Hall–Kier alpha value is -3.06. The van der Waals surface area contributed by atoms with Crippen LogP contribution in [0.4, 0.5) is 5.69 Å². The molecular formula is C24H30N2O5. The van der Waals surface area contributed by atoms with E-state index in [-0.39, 0.29) is 11.3 Å². The molecule has 0 aromatic heterocycles. The van der Waals surface area contributed by atoms with Gasteiger partial charge in [-0.25, -0.2) is 9.59 Å². The second-order valence-corrected chi connectivity index (χ2v) is 7.41. The van der Waals surface area contributed by atoms with Crippen molar-refractivity contribution >= 4 is 17.6 Å². The highest BCUT2D eigenvalue weighted by Crippen LogP contribution is 2.28. The molecule has 31 heavy (non-hydrogen) atoms. The fourth-order valence-electron chi connectivity index (χ4n) is 3.72. The fourth-order valence-corrected chi connectivity index (χ4v) is 3.72. The predicted octanol–water partition coefficient (Wildman–Crippen LogP) is 3.43. The monoisotopic (exact) mass is 426 g/mol. The number of anilines is 1. The number of ether oxygens (including phenoxy) is 3. The van der Waals surface area contributed by atoms with Crippen LogP contribution in [-0.2, 0) is 19.1 Å². The zero-order valence-corrected chi connectivity index (χ0v) is 18.2. The maximum atomic E-state index is 12.5. The first kappa shape index (κ1) is 22.6. The summed E-state index contributed by atoms with van der Waals surface area (Å²) in [6.45, 7) is 3.83. The molecule has 1 aromatic carbocycles. The molecule has 2 aliphatic heterocycles. The zero-order chi connectivity index (χ0) is 22.1. The molecule has 0 amide bonds. The Morgan fingerprint density at radius 2 is 1.58 bits per heavy atom. The van der Waals surface area contributed by atoms with E-state index in [1.54, 1.807) is 23.3 Å². The van der Waals surface area contributed by atoms with Crippen LogP contribution in [0, 0.1) is 0 Å². The lowest BCUT2D eigenvalue weighted by Gasteiger charge is -2.23. The third-order valence-electron chi connectivity index (χ3n) is 5.38. The first-order chi connectivity index (χ1) is 15.1. The van der Waals surface area contributed by atoms with E-state index in [0.29, 0.717) is 12.3 Å². The zero-order valence-electron chi connectivity index (χ0n) is 18.2. The van der Waals surface area contributed by atoms with Gasteiger partial charge in [-0.1, -0.05) is 18.9 Å². The van der Waals surface area contributed by atoms with Crippen LogP contribution in [0.2, 0.25) is 0 Å². The van der Waals surface area contributed by atoms with Gasteiger partial charge in [-0.2, -0.15) is 0 Å². The molecule has 0 radical (unpaired) electrons. The highest BCUT2D eigenvalue weighted by molar-refractivity contribution is 6.05. The summed E-state index contributed by atoms with van der Waals surface area (Å²) in [5.41, 5.74) is 0.910. The number of methoxy groups -OCH3 is 2. The lowest BCUT2D eigenvalue weighted by atomic mass is 10.1. The maximum Gasteiger partial charge on any atom is 0.355 e. The molecule has 0 N–H and O–H groups in total. The van der Waals surface area contributed by atoms with Gasteiger partial charge >= 0.3 is 11.9 Å². The van der Waals surface area contributed by atoms with E-state index in [1.807, 2.05) is 24.3 Å². The van der Waals surface area contributed by atoms with Gasteiger partial charge in [-0.15, -0.1) is 0 Å². The van der Waals surface area contributed by atoms with Crippen LogP contribution in [0.15, 0.2) is 60.0 Å². The number of rotatable bonds is 7. The molecule has 0 bridgehead atoms. The largest absolute Gasteiger partial charge is 0.492 e. The van der Waals surface area contributed by atoms with E-state index in [2.05, 4.69) is 4.90 Å². The lowest BCUT2D eigenvalue weighted by molar-refractivity contribution is -0.139. The summed E-state index contributed by atoms with van der Waals surface area (Å²) in [6.07, 6.45) is 11.8. The van der Waals surface area contributed by atoms with Crippen LogP contribution in [0.3, 0.4) is 0 Å². The number of esters is 2. The number of allylic oxidation sites excluding steroid dienone is 2. The molecule has 2 heterocycles. The van der Waals surface area contributed by atoms with Gasteiger partial charge in [0.05, 0.1) is 19.8 Å². The third-order valence-corrected chi connectivity index (χ3v) is 5.38. The third kappa shape index (κ3) is 5.98. The molecule has 1 fully saturated rings. The predicted molar refractivity (Wildman–Crippen MR) is 119 cm³/mol. The van der Waals surface area contributed by atoms with Gasteiger partial charge in [0.1, 0.15) is 18.1 Å². The lowest BCUT2D eigenvalue weighted by Crippen LogP contribution is -2.29. The molecule has 0 atom stereocenters. The Morgan fingerprint density at radius 1 is 0.903 bits per heavy atom.